The highest BCUT2D eigenvalue weighted by atomic mass is 79.9. The van der Waals surface area contributed by atoms with E-state index >= 15 is 0 Å². The van der Waals surface area contributed by atoms with Crippen LogP contribution in [-0.2, 0) is 4.79 Å². The van der Waals surface area contributed by atoms with Gasteiger partial charge in [0.15, 0.2) is 0 Å². The number of benzene rings is 2. The maximum Gasteiger partial charge on any atom is 0.246 e. The number of carbonyl (C=O) groups is 1. The zero-order chi connectivity index (χ0) is 24.4. The molecular formula is C28H24BrClN2OS2. The molecule has 0 aliphatic carbocycles. The average Bonchev–Trinajstić information content (AvgIpc) is 3.50. The van der Waals surface area contributed by atoms with Crippen LogP contribution in [0.25, 0.3) is 27.8 Å². The van der Waals surface area contributed by atoms with Crippen molar-refractivity contribution in [2.24, 2.45) is 0 Å². The van der Waals surface area contributed by atoms with E-state index in [9.17, 15) is 4.79 Å². The average molecular weight is 584 g/mol. The van der Waals surface area contributed by atoms with Crippen molar-refractivity contribution in [1.29, 1.82) is 0 Å². The molecule has 0 saturated carbocycles. The van der Waals surface area contributed by atoms with Gasteiger partial charge in [0, 0.05) is 50.4 Å². The van der Waals surface area contributed by atoms with E-state index in [1.54, 1.807) is 28.7 Å². The Balaban J connectivity index is 1.34. The minimum absolute atomic E-state index is 0.0781. The van der Waals surface area contributed by atoms with Crippen LogP contribution in [0.4, 0.5) is 0 Å². The first-order chi connectivity index (χ1) is 17.0. The third kappa shape index (κ3) is 5.78. The fraction of sp³-hybridized carbons (Fsp3) is 0.214. The molecule has 0 N–H and O–H groups in total. The second-order valence-electron chi connectivity index (χ2n) is 8.70. The Bertz CT molecular complexity index is 1290. The number of piperidine rings is 1. The van der Waals surface area contributed by atoms with Crippen LogP contribution in [0.5, 0.6) is 0 Å². The summed E-state index contributed by atoms with van der Waals surface area (Å²) in [4.78, 5) is 22.1. The minimum atomic E-state index is 0.0781. The lowest BCUT2D eigenvalue weighted by Crippen LogP contribution is -2.36. The highest BCUT2D eigenvalue weighted by molar-refractivity contribution is 9.10. The maximum atomic E-state index is 12.7. The van der Waals surface area contributed by atoms with Gasteiger partial charge in [0.1, 0.15) is 0 Å². The van der Waals surface area contributed by atoms with Crippen LogP contribution in [-0.4, -0.2) is 28.9 Å². The summed E-state index contributed by atoms with van der Waals surface area (Å²) in [7, 11) is 0. The Morgan fingerprint density at radius 3 is 2.43 bits per heavy atom. The van der Waals surface area contributed by atoms with Gasteiger partial charge < -0.3 is 4.90 Å². The number of thiophene rings is 1. The van der Waals surface area contributed by atoms with E-state index in [2.05, 4.69) is 47.1 Å². The molecule has 1 saturated heterocycles. The lowest BCUT2D eigenvalue weighted by Gasteiger charge is -2.30. The van der Waals surface area contributed by atoms with Gasteiger partial charge >= 0.3 is 0 Å². The van der Waals surface area contributed by atoms with Gasteiger partial charge in [-0.3, -0.25) is 4.79 Å². The molecule has 4 aromatic rings. The van der Waals surface area contributed by atoms with Crippen molar-refractivity contribution in [2.45, 2.75) is 25.7 Å². The highest BCUT2D eigenvalue weighted by Gasteiger charge is 2.27. The summed E-state index contributed by atoms with van der Waals surface area (Å²) in [6.45, 7) is 3.60. The first-order valence-corrected chi connectivity index (χ1v) is 14.4. The van der Waals surface area contributed by atoms with Crippen molar-refractivity contribution in [3.8, 4) is 21.7 Å². The second-order valence-corrected chi connectivity index (χ2v) is 12.0. The maximum absolute atomic E-state index is 12.7. The number of carbonyl (C=O) groups excluding carboxylic acids is 1. The SMILES string of the molecule is Cc1ccc(-c2sc(C3CCN(C(=O)C=Cc4cc(Br)cs4)CC3)nc2-c2ccc(Cl)cc2)cc1. The Hall–Kier alpha value is -2.25. The number of likely N-dealkylation sites (tertiary alicyclic amines) is 1. The summed E-state index contributed by atoms with van der Waals surface area (Å²) in [5.41, 5.74) is 4.51. The van der Waals surface area contributed by atoms with E-state index in [1.807, 2.05) is 46.7 Å². The minimum Gasteiger partial charge on any atom is -0.339 e. The molecule has 2 aromatic carbocycles. The third-order valence-electron chi connectivity index (χ3n) is 6.21. The van der Waals surface area contributed by atoms with Crippen molar-refractivity contribution in [1.82, 2.24) is 9.88 Å². The molecule has 0 radical (unpaired) electrons. The zero-order valence-corrected chi connectivity index (χ0v) is 23.2. The predicted molar refractivity (Wildman–Crippen MR) is 152 cm³/mol. The molecule has 0 bridgehead atoms. The lowest BCUT2D eigenvalue weighted by molar-refractivity contribution is -0.126. The molecule has 1 fully saturated rings. The third-order valence-corrected chi connectivity index (χ3v) is 9.39. The van der Waals surface area contributed by atoms with Gasteiger partial charge in [0.25, 0.3) is 0 Å². The quantitative estimate of drug-likeness (QED) is 0.220. The molecule has 1 amide bonds. The summed E-state index contributed by atoms with van der Waals surface area (Å²) < 4.78 is 1.04. The van der Waals surface area contributed by atoms with Gasteiger partial charge in [-0.15, -0.1) is 22.7 Å². The van der Waals surface area contributed by atoms with Gasteiger partial charge in [-0.2, -0.15) is 0 Å². The van der Waals surface area contributed by atoms with Crippen LogP contribution in [0, 0.1) is 6.92 Å². The first-order valence-electron chi connectivity index (χ1n) is 11.5. The zero-order valence-electron chi connectivity index (χ0n) is 19.2. The molecular weight excluding hydrogens is 560 g/mol. The van der Waals surface area contributed by atoms with Gasteiger partial charge in [-0.1, -0.05) is 53.6 Å². The number of amides is 1. The predicted octanol–water partition coefficient (Wildman–Crippen LogP) is 8.68. The van der Waals surface area contributed by atoms with Gasteiger partial charge in [0.2, 0.25) is 5.91 Å². The van der Waals surface area contributed by atoms with E-state index in [1.165, 1.54) is 16.0 Å². The van der Waals surface area contributed by atoms with E-state index in [0.717, 1.165) is 56.6 Å². The van der Waals surface area contributed by atoms with E-state index in [0.29, 0.717) is 5.92 Å². The molecule has 1 aliphatic heterocycles. The molecule has 0 atom stereocenters. The standard InChI is InChI=1S/C28H24BrClN2OS2/c1-18-2-4-20(5-3-18)27-26(19-6-8-23(30)9-7-19)31-28(35-27)21-12-14-32(15-13-21)25(33)11-10-24-16-22(29)17-34-24/h2-11,16-17,21H,12-15H2,1H3. The molecule has 0 spiro atoms. The van der Waals surface area contributed by atoms with Gasteiger partial charge in [-0.25, -0.2) is 4.98 Å². The Morgan fingerprint density at radius 1 is 1.09 bits per heavy atom. The van der Waals surface area contributed by atoms with Crippen molar-refractivity contribution < 1.29 is 4.79 Å². The summed E-state index contributed by atoms with van der Waals surface area (Å²) >= 11 is 13.0. The number of hydrogen-bond donors (Lipinski definition) is 0. The molecule has 1 aliphatic rings. The van der Waals surface area contributed by atoms with Crippen molar-refractivity contribution >= 4 is 62.2 Å². The molecule has 7 heteroatoms. The number of thiazole rings is 1. The monoisotopic (exact) mass is 582 g/mol. The molecule has 3 nitrogen and oxygen atoms in total. The summed E-state index contributed by atoms with van der Waals surface area (Å²) in [5, 5.41) is 3.89. The van der Waals surface area contributed by atoms with Crippen LogP contribution in [0.15, 0.2) is 70.5 Å². The topological polar surface area (TPSA) is 33.2 Å². The number of halogens is 2. The van der Waals surface area contributed by atoms with Gasteiger partial charge in [0.05, 0.1) is 15.6 Å². The van der Waals surface area contributed by atoms with Crippen LogP contribution in [0.3, 0.4) is 0 Å². The number of rotatable bonds is 5. The fourth-order valence-corrected chi connectivity index (χ4v) is 6.96. The van der Waals surface area contributed by atoms with Crippen molar-refractivity contribution in [3.63, 3.8) is 0 Å². The van der Waals surface area contributed by atoms with Crippen molar-refractivity contribution in [2.75, 3.05) is 13.1 Å². The lowest BCUT2D eigenvalue weighted by atomic mass is 9.97. The molecule has 0 unspecified atom stereocenters. The normalized spacial score (nSPS) is 14.7. The summed E-state index contributed by atoms with van der Waals surface area (Å²) in [6, 6.07) is 18.6. The van der Waals surface area contributed by atoms with Crippen molar-refractivity contribution in [3.05, 3.63) is 91.0 Å². The highest BCUT2D eigenvalue weighted by Crippen LogP contribution is 2.42. The number of hydrogen-bond acceptors (Lipinski definition) is 4. The molecule has 35 heavy (non-hydrogen) atoms. The van der Waals surface area contributed by atoms with E-state index in [4.69, 9.17) is 16.6 Å². The first kappa shape index (κ1) is 24.4. The molecule has 3 heterocycles. The smallest absolute Gasteiger partial charge is 0.246 e. The van der Waals surface area contributed by atoms with Gasteiger partial charge in [-0.05, 0) is 65.5 Å². The van der Waals surface area contributed by atoms with E-state index < -0.39 is 0 Å². The Labute approximate surface area is 227 Å². The van der Waals surface area contributed by atoms with Crippen LogP contribution >= 0.6 is 50.2 Å². The Morgan fingerprint density at radius 2 is 1.77 bits per heavy atom. The number of aryl methyl sites for hydroxylation is 1. The second kappa shape index (κ2) is 10.8. The summed E-state index contributed by atoms with van der Waals surface area (Å²) in [5.74, 6) is 0.431. The van der Waals surface area contributed by atoms with Crippen LogP contribution in [0.2, 0.25) is 5.02 Å². The summed E-state index contributed by atoms with van der Waals surface area (Å²) in [6.07, 6.45) is 5.43. The fourth-order valence-electron chi connectivity index (χ4n) is 4.24. The molecule has 5 rings (SSSR count). The number of nitrogens with zero attached hydrogens (tertiary/aromatic N) is 2. The van der Waals surface area contributed by atoms with Crippen LogP contribution in [0.1, 0.15) is 34.2 Å². The molecule has 178 valence electrons. The Kier molecular flexibility index (Phi) is 7.54. The molecule has 2 aromatic heterocycles. The van der Waals surface area contributed by atoms with E-state index in [-0.39, 0.29) is 5.91 Å². The number of aromatic nitrogens is 1. The largest absolute Gasteiger partial charge is 0.339 e. The van der Waals surface area contributed by atoms with Crippen LogP contribution < -0.4 is 0 Å².